The zero-order valence-electron chi connectivity index (χ0n) is 9.15. The fraction of sp³-hybridized carbons (Fsp3) is 0. The van der Waals surface area contributed by atoms with Crippen LogP contribution in [0, 0.1) is 10.1 Å². The van der Waals surface area contributed by atoms with Gasteiger partial charge in [0.25, 0.3) is 5.69 Å². The molecule has 0 saturated carbocycles. The number of aromatic nitrogens is 1. The monoisotopic (exact) mass is 305 g/mol. The van der Waals surface area contributed by atoms with Gasteiger partial charge in [-0.3, -0.25) is 20.1 Å². The van der Waals surface area contributed by atoms with E-state index in [0.29, 0.717) is 11.3 Å². The van der Waals surface area contributed by atoms with Crippen molar-refractivity contribution < 1.29 is 4.92 Å². The molecule has 0 radical (unpaired) electrons. The van der Waals surface area contributed by atoms with Crippen LogP contribution < -0.4 is 0 Å². The summed E-state index contributed by atoms with van der Waals surface area (Å²) in [5.41, 5.74) is 1.11. The maximum atomic E-state index is 10.9. The first-order chi connectivity index (χ1) is 8.66. The molecule has 0 aliphatic heterocycles. The Kier molecular flexibility index (Phi) is 3.78. The number of nitro benzene ring substituents is 1. The highest BCUT2D eigenvalue weighted by Crippen LogP contribution is 2.22. The number of hydrogen-bond donors (Lipinski definition) is 0. The molecule has 0 saturated heterocycles. The van der Waals surface area contributed by atoms with Gasteiger partial charge in [0, 0.05) is 23.0 Å². The van der Waals surface area contributed by atoms with E-state index < -0.39 is 4.92 Å². The number of rotatable bonds is 3. The van der Waals surface area contributed by atoms with E-state index in [2.05, 4.69) is 25.9 Å². The van der Waals surface area contributed by atoms with Gasteiger partial charge in [-0.25, -0.2) is 0 Å². The molecular formula is C12H8BrN3O2. The minimum Gasteiger partial charge on any atom is -0.262 e. The summed E-state index contributed by atoms with van der Waals surface area (Å²) < 4.78 is 0.765. The first-order valence-corrected chi connectivity index (χ1v) is 5.84. The van der Waals surface area contributed by atoms with Crippen molar-refractivity contribution in [3.63, 3.8) is 0 Å². The minimum absolute atomic E-state index is 0.0193. The van der Waals surface area contributed by atoms with Crippen LogP contribution in [-0.4, -0.2) is 16.1 Å². The highest BCUT2D eigenvalue weighted by molar-refractivity contribution is 9.10. The second-order valence-corrected chi connectivity index (χ2v) is 4.35. The molecule has 18 heavy (non-hydrogen) atoms. The molecule has 0 aliphatic carbocycles. The normalized spacial score (nSPS) is 10.7. The Morgan fingerprint density at radius 2 is 2.22 bits per heavy atom. The maximum Gasteiger partial charge on any atom is 0.278 e. The number of aliphatic imine (C=N–C) groups is 1. The molecule has 90 valence electrons. The predicted molar refractivity (Wildman–Crippen MR) is 72.3 cm³/mol. The maximum absolute atomic E-state index is 10.9. The number of halogens is 1. The van der Waals surface area contributed by atoms with Crippen LogP contribution >= 0.6 is 15.9 Å². The SMILES string of the molecule is O=[N+]([O-])c1ccc(Br)cc1/C=N\c1cccnc1. The van der Waals surface area contributed by atoms with Crippen LogP contribution in [0.25, 0.3) is 0 Å². The molecular weight excluding hydrogens is 298 g/mol. The third kappa shape index (κ3) is 2.98. The van der Waals surface area contributed by atoms with E-state index in [-0.39, 0.29) is 5.69 Å². The Bertz CT molecular complexity index is 600. The van der Waals surface area contributed by atoms with Gasteiger partial charge in [0.2, 0.25) is 0 Å². The topological polar surface area (TPSA) is 68.4 Å². The summed E-state index contributed by atoms with van der Waals surface area (Å²) in [5.74, 6) is 0. The Labute approximate surface area is 111 Å². The quantitative estimate of drug-likeness (QED) is 0.495. The van der Waals surface area contributed by atoms with Gasteiger partial charge in [-0.2, -0.15) is 0 Å². The molecule has 0 amide bonds. The summed E-state index contributed by atoms with van der Waals surface area (Å²) in [7, 11) is 0. The highest BCUT2D eigenvalue weighted by atomic mass is 79.9. The lowest BCUT2D eigenvalue weighted by molar-refractivity contribution is -0.385. The smallest absolute Gasteiger partial charge is 0.262 e. The van der Waals surface area contributed by atoms with Crippen molar-refractivity contribution in [2.45, 2.75) is 0 Å². The molecule has 1 aromatic carbocycles. The molecule has 0 unspecified atom stereocenters. The van der Waals surface area contributed by atoms with Crippen molar-refractivity contribution in [2.75, 3.05) is 0 Å². The lowest BCUT2D eigenvalue weighted by atomic mass is 10.2. The minimum atomic E-state index is -0.433. The zero-order chi connectivity index (χ0) is 13.0. The standard InChI is InChI=1S/C12H8BrN3O2/c13-10-3-4-12(16(17)18)9(6-10)7-15-11-2-1-5-14-8-11/h1-8H/b15-7-. The molecule has 0 spiro atoms. The second kappa shape index (κ2) is 5.50. The average molecular weight is 306 g/mol. The summed E-state index contributed by atoms with van der Waals surface area (Å²) in [6.07, 6.45) is 4.68. The van der Waals surface area contributed by atoms with Crippen LogP contribution in [0.2, 0.25) is 0 Å². The molecule has 5 nitrogen and oxygen atoms in total. The lowest BCUT2D eigenvalue weighted by Crippen LogP contribution is -1.94. The van der Waals surface area contributed by atoms with Gasteiger partial charge >= 0.3 is 0 Å². The van der Waals surface area contributed by atoms with Crippen molar-refractivity contribution in [3.8, 4) is 0 Å². The molecule has 0 fully saturated rings. The van der Waals surface area contributed by atoms with Gasteiger partial charge in [-0.1, -0.05) is 15.9 Å². The summed E-state index contributed by atoms with van der Waals surface area (Å²) in [4.78, 5) is 18.5. The van der Waals surface area contributed by atoms with E-state index in [1.54, 1.807) is 36.7 Å². The van der Waals surface area contributed by atoms with Crippen molar-refractivity contribution in [2.24, 2.45) is 4.99 Å². The van der Waals surface area contributed by atoms with E-state index in [4.69, 9.17) is 0 Å². The molecule has 1 aromatic heterocycles. The van der Waals surface area contributed by atoms with Gasteiger partial charge in [0.15, 0.2) is 0 Å². The average Bonchev–Trinajstić information content (AvgIpc) is 2.37. The summed E-state index contributed by atoms with van der Waals surface area (Å²) in [6, 6.07) is 8.24. The van der Waals surface area contributed by atoms with E-state index in [1.165, 1.54) is 12.3 Å². The van der Waals surface area contributed by atoms with Crippen molar-refractivity contribution >= 4 is 33.5 Å². The number of nitro groups is 1. The van der Waals surface area contributed by atoms with Crippen LogP contribution in [0.15, 0.2) is 52.2 Å². The van der Waals surface area contributed by atoms with Crippen LogP contribution in [-0.2, 0) is 0 Å². The van der Waals surface area contributed by atoms with Gasteiger partial charge in [-0.15, -0.1) is 0 Å². The largest absolute Gasteiger partial charge is 0.278 e. The number of pyridine rings is 1. The van der Waals surface area contributed by atoms with Crippen LogP contribution in [0.5, 0.6) is 0 Å². The number of hydrogen-bond acceptors (Lipinski definition) is 4. The molecule has 0 atom stereocenters. The molecule has 1 heterocycles. The fourth-order valence-electron chi connectivity index (χ4n) is 1.37. The van der Waals surface area contributed by atoms with Crippen molar-refractivity contribution in [1.29, 1.82) is 0 Å². The third-order valence-corrected chi connectivity index (χ3v) is 2.68. The van der Waals surface area contributed by atoms with E-state index in [0.717, 1.165) is 4.47 Å². The van der Waals surface area contributed by atoms with Crippen LogP contribution in [0.4, 0.5) is 11.4 Å². The molecule has 0 aliphatic rings. The summed E-state index contributed by atoms with van der Waals surface area (Å²) in [5, 5.41) is 10.9. The highest BCUT2D eigenvalue weighted by Gasteiger charge is 2.11. The lowest BCUT2D eigenvalue weighted by Gasteiger charge is -1.98. The number of benzene rings is 1. The molecule has 2 aromatic rings. The molecule has 0 N–H and O–H groups in total. The first-order valence-electron chi connectivity index (χ1n) is 5.05. The van der Waals surface area contributed by atoms with E-state index >= 15 is 0 Å². The van der Waals surface area contributed by atoms with Gasteiger partial charge in [0.05, 0.1) is 22.4 Å². The van der Waals surface area contributed by atoms with Crippen molar-refractivity contribution in [3.05, 3.63) is 62.9 Å². The Balaban J connectivity index is 2.36. The zero-order valence-corrected chi connectivity index (χ0v) is 10.7. The Morgan fingerprint density at radius 1 is 1.39 bits per heavy atom. The third-order valence-electron chi connectivity index (χ3n) is 2.18. The van der Waals surface area contributed by atoms with Gasteiger partial charge in [0.1, 0.15) is 0 Å². The Morgan fingerprint density at radius 3 is 2.89 bits per heavy atom. The number of nitrogens with zero attached hydrogens (tertiary/aromatic N) is 3. The summed E-state index contributed by atoms with van der Waals surface area (Å²) in [6.45, 7) is 0. The molecule has 0 bridgehead atoms. The van der Waals surface area contributed by atoms with Crippen LogP contribution in [0.3, 0.4) is 0 Å². The predicted octanol–water partition coefficient (Wildman–Crippen LogP) is 3.50. The Hall–Kier alpha value is -2.08. The second-order valence-electron chi connectivity index (χ2n) is 3.43. The molecule has 6 heteroatoms. The van der Waals surface area contributed by atoms with Gasteiger partial charge in [-0.05, 0) is 24.3 Å². The first kappa shape index (κ1) is 12.4. The van der Waals surface area contributed by atoms with E-state index in [9.17, 15) is 10.1 Å². The van der Waals surface area contributed by atoms with Gasteiger partial charge < -0.3 is 0 Å². The fourth-order valence-corrected chi connectivity index (χ4v) is 1.75. The summed E-state index contributed by atoms with van der Waals surface area (Å²) >= 11 is 3.28. The van der Waals surface area contributed by atoms with Crippen molar-refractivity contribution in [1.82, 2.24) is 4.98 Å². The van der Waals surface area contributed by atoms with E-state index in [1.807, 2.05) is 0 Å². The van der Waals surface area contributed by atoms with Crippen LogP contribution in [0.1, 0.15) is 5.56 Å². The molecule has 2 rings (SSSR count).